The average Bonchev–Trinajstić information content (AvgIpc) is 2.47. The number of hydrogen-bond acceptors (Lipinski definition) is 4. The first-order valence-corrected chi connectivity index (χ1v) is 6.91. The lowest BCUT2D eigenvalue weighted by atomic mass is 10.1. The van der Waals surface area contributed by atoms with Gasteiger partial charge in [-0.05, 0) is 37.1 Å². The van der Waals surface area contributed by atoms with E-state index < -0.39 is 5.97 Å². The van der Waals surface area contributed by atoms with E-state index in [9.17, 15) is 4.79 Å². The molecule has 0 atom stereocenters. The van der Waals surface area contributed by atoms with Crippen molar-refractivity contribution < 1.29 is 19.4 Å². The quantitative estimate of drug-likeness (QED) is 0.342. The fraction of sp³-hybridized carbons (Fsp3) is 0.438. The van der Waals surface area contributed by atoms with Gasteiger partial charge < -0.3 is 14.6 Å². The molecule has 4 nitrogen and oxygen atoms in total. The summed E-state index contributed by atoms with van der Waals surface area (Å²) in [7, 11) is 0. The molecule has 0 radical (unpaired) electrons. The summed E-state index contributed by atoms with van der Waals surface area (Å²) in [5.41, 5.74) is 1.30. The Morgan fingerprint density at radius 1 is 1.25 bits per heavy atom. The minimum Gasteiger partial charge on any atom is -0.502 e. The molecule has 0 aliphatic rings. The molecule has 0 saturated carbocycles. The summed E-state index contributed by atoms with van der Waals surface area (Å²) in [6.45, 7) is 4.42. The van der Waals surface area contributed by atoms with Gasteiger partial charge in [0.15, 0.2) is 5.76 Å². The van der Waals surface area contributed by atoms with E-state index in [1.165, 1.54) is 11.6 Å². The standard InChI is InChI=1S/C16H22O4/c1-3-6-13-7-9-14(10-8-13)19-11-5-12-20-16(18)15(17)4-2/h4,7-10,17H,3,5-6,11-12H2,1-2H3. The third-order valence-electron chi connectivity index (χ3n) is 2.74. The van der Waals surface area contributed by atoms with E-state index in [0.29, 0.717) is 13.0 Å². The molecule has 4 heteroatoms. The third-order valence-corrected chi connectivity index (χ3v) is 2.74. The Morgan fingerprint density at radius 3 is 2.55 bits per heavy atom. The van der Waals surface area contributed by atoms with Gasteiger partial charge in [-0.15, -0.1) is 0 Å². The van der Waals surface area contributed by atoms with Gasteiger partial charge in [0.2, 0.25) is 0 Å². The molecule has 20 heavy (non-hydrogen) atoms. The minimum atomic E-state index is -0.698. The molecule has 0 aliphatic carbocycles. The number of aryl methyl sites for hydroxylation is 1. The zero-order chi connectivity index (χ0) is 14.8. The van der Waals surface area contributed by atoms with Crippen LogP contribution in [0.3, 0.4) is 0 Å². The maximum Gasteiger partial charge on any atom is 0.373 e. The summed E-state index contributed by atoms with van der Waals surface area (Å²) in [6.07, 6.45) is 4.09. The molecule has 1 N–H and O–H groups in total. The van der Waals surface area contributed by atoms with Crippen molar-refractivity contribution in [3.8, 4) is 5.75 Å². The highest BCUT2D eigenvalue weighted by Crippen LogP contribution is 2.13. The first-order chi connectivity index (χ1) is 9.67. The van der Waals surface area contributed by atoms with Crippen LogP contribution in [0, 0.1) is 0 Å². The smallest absolute Gasteiger partial charge is 0.373 e. The largest absolute Gasteiger partial charge is 0.502 e. The minimum absolute atomic E-state index is 0.227. The third kappa shape index (κ3) is 5.78. The van der Waals surface area contributed by atoms with E-state index in [2.05, 4.69) is 19.1 Å². The zero-order valence-electron chi connectivity index (χ0n) is 12.1. The Morgan fingerprint density at radius 2 is 1.95 bits per heavy atom. The fourth-order valence-electron chi connectivity index (χ4n) is 1.65. The first kappa shape index (κ1) is 16.1. The van der Waals surface area contributed by atoms with Crippen LogP contribution in [0.15, 0.2) is 36.1 Å². The molecule has 0 unspecified atom stereocenters. The number of aliphatic hydroxyl groups excluding tert-OH is 1. The monoisotopic (exact) mass is 278 g/mol. The Labute approximate surface area is 120 Å². The SMILES string of the molecule is CC=C(O)C(=O)OCCCOc1ccc(CCC)cc1. The molecule has 0 amide bonds. The number of hydrogen-bond donors (Lipinski definition) is 1. The van der Waals surface area contributed by atoms with Crippen LogP contribution in [-0.2, 0) is 16.0 Å². The number of carbonyl (C=O) groups is 1. The van der Waals surface area contributed by atoms with E-state index in [0.717, 1.165) is 18.6 Å². The molecule has 1 aromatic rings. The van der Waals surface area contributed by atoms with Gasteiger partial charge in [0, 0.05) is 6.42 Å². The second kappa shape index (κ2) is 9.02. The van der Waals surface area contributed by atoms with Crippen molar-refractivity contribution in [3.05, 3.63) is 41.7 Å². The lowest BCUT2D eigenvalue weighted by molar-refractivity contribution is -0.142. The van der Waals surface area contributed by atoms with E-state index in [1.54, 1.807) is 6.92 Å². The maximum atomic E-state index is 11.1. The summed E-state index contributed by atoms with van der Waals surface area (Å²) < 4.78 is 10.4. The lowest BCUT2D eigenvalue weighted by Gasteiger charge is -2.07. The highest BCUT2D eigenvalue weighted by molar-refractivity contribution is 5.85. The van der Waals surface area contributed by atoms with Crippen molar-refractivity contribution in [2.24, 2.45) is 0 Å². The highest BCUT2D eigenvalue weighted by atomic mass is 16.5. The molecule has 0 aromatic heterocycles. The number of allylic oxidation sites excluding steroid dienone is 1. The van der Waals surface area contributed by atoms with E-state index in [1.807, 2.05) is 12.1 Å². The van der Waals surface area contributed by atoms with Gasteiger partial charge in [0.1, 0.15) is 5.75 Å². The van der Waals surface area contributed by atoms with Crippen LogP contribution in [0.4, 0.5) is 0 Å². The lowest BCUT2D eigenvalue weighted by Crippen LogP contribution is -2.10. The van der Waals surface area contributed by atoms with Gasteiger partial charge in [-0.1, -0.05) is 25.5 Å². The van der Waals surface area contributed by atoms with E-state index in [4.69, 9.17) is 14.6 Å². The topological polar surface area (TPSA) is 55.8 Å². The Kier molecular flexibility index (Phi) is 7.25. The summed E-state index contributed by atoms with van der Waals surface area (Å²) in [5.74, 6) is -0.249. The highest BCUT2D eigenvalue weighted by Gasteiger charge is 2.06. The van der Waals surface area contributed by atoms with Gasteiger partial charge in [-0.3, -0.25) is 0 Å². The number of aliphatic hydroxyl groups is 1. The van der Waals surface area contributed by atoms with Crippen LogP contribution >= 0.6 is 0 Å². The predicted octanol–water partition coefficient (Wildman–Crippen LogP) is 3.41. The van der Waals surface area contributed by atoms with Crippen molar-refractivity contribution in [1.82, 2.24) is 0 Å². The predicted molar refractivity (Wildman–Crippen MR) is 77.9 cm³/mol. The van der Waals surface area contributed by atoms with Crippen LogP contribution in [0.2, 0.25) is 0 Å². The number of carbonyl (C=O) groups excluding carboxylic acids is 1. The molecule has 1 aromatic carbocycles. The van der Waals surface area contributed by atoms with Crippen molar-refractivity contribution in [2.75, 3.05) is 13.2 Å². The van der Waals surface area contributed by atoms with Gasteiger partial charge >= 0.3 is 5.97 Å². The Bertz CT molecular complexity index is 434. The van der Waals surface area contributed by atoms with Gasteiger partial charge in [-0.2, -0.15) is 0 Å². The van der Waals surface area contributed by atoms with E-state index in [-0.39, 0.29) is 12.4 Å². The Balaban J connectivity index is 2.19. The fourth-order valence-corrected chi connectivity index (χ4v) is 1.65. The molecule has 0 aliphatic heterocycles. The van der Waals surface area contributed by atoms with Gasteiger partial charge in [-0.25, -0.2) is 4.79 Å². The van der Waals surface area contributed by atoms with Gasteiger partial charge in [0.25, 0.3) is 0 Å². The molecule has 0 fully saturated rings. The number of benzene rings is 1. The van der Waals surface area contributed by atoms with Crippen molar-refractivity contribution in [1.29, 1.82) is 0 Å². The van der Waals surface area contributed by atoms with Crippen LogP contribution in [0.5, 0.6) is 5.75 Å². The molecule has 0 bridgehead atoms. The van der Waals surface area contributed by atoms with Gasteiger partial charge in [0.05, 0.1) is 13.2 Å². The zero-order valence-corrected chi connectivity index (χ0v) is 12.1. The number of rotatable bonds is 8. The van der Waals surface area contributed by atoms with Crippen LogP contribution in [0.25, 0.3) is 0 Å². The van der Waals surface area contributed by atoms with Crippen LogP contribution in [0.1, 0.15) is 32.3 Å². The summed E-state index contributed by atoms with van der Waals surface area (Å²) in [4.78, 5) is 11.1. The number of esters is 1. The first-order valence-electron chi connectivity index (χ1n) is 6.91. The normalized spacial score (nSPS) is 11.2. The van der Waals surface area contributed by atoms with Crippen LogP contribution < -0.4 is 4.74 Å². The summed E-state index contributed by atoms with van der Waals surface area (Å²) in [6, 6.07) is 8.01. The molecule has 0 heterocycles. The molecule has 0 saturated heterocycles. The summed E-state index contributed by atoms with van der Waals surface area (Å²) >= 11 is 0. The average molecular weight is 278 g/mol. The molecule has 110 valence electrons. The molecule has 0 spiro atoms. The van der Waals surface area contributed by atoms with Crippen molar-refractivity contribution in [3.63, 3.8) is 0 Å². The van der Waals surface area contributed by atoms with Crippen molar-refractivity contribution >= 4 is 5.97 Å². The van der Waals surface area contributed by atoms with E-state index >= 15 is 0 Å². The molecule has 1 rings (SSSR count). The molecular weight excluding hydrogens is 256 g/mol. The maximum absolute atomic E-state index is 11.1. The summed E-state index contributed by atoms with van der Waals surface area (Å²) in [5, 5.41) is 9.09. The Hall–Kier alpha value is -1.97. The number of ether oxygens (including phenoxy) is 2. The molecular formula is C16H22O4. The van der Waals surface area contributed by atoms with Crippen LogP contribution in [-0.4, -0.2) is 24.3 Å². The second-order valence-corrected chi connectivity index (χ2v) is 4.41. The second-order valence-electron chi connectivity index (χ2n) is 4.41. The van der Waals surface area contributed by atoms with Crippen molar-refractivity contribution in [2.45, 2.75) is 33.1 Å².